The maximum absolute atomic E-state index is 6.67. The summed E-state index contributed by atoms with van der Waals surface area (Å²) in [6.45, 7) is 0. The molecule has 0 radical (unpaired) electrons. The molecule has 3 heteroatoms. The molecule has 12 aromatic rings. The predicted molar refractivity (Wildman–Crippen MR) is 229 cm³/mol. The van der Waals surface area contributed by atoms with E-state index in [9.17, 15) is 0 Å². The molecule has 12 rings (SSSR count). The molecule has 0 fully saturated rings. The average Bonchev–Trinajstić information content (AvgIpc) is 3.93. The highest BCUT2D eigenvalue weighted by Gasteiger charge is 2.22. The number of hydrogen-bond acceptors (Lipinski definition) is 2. The van der Waals surface area contributed by atoms with Crippen molar-refractivity contribution >= 4 is 76.5 Å². The third kappa shape index (κ3) is 4.50. The van der Waals surface area contributed by atoms with Crippen molar-refractivity contribution in [2.24, 2.45) is 0 Å². The second-order valence-corrected chi connectivity index (χ2v) is 14.4. The summed E-state index contributed by atoms with van der Waals surface area (Å²) in [6.07, 6.45) is 0. The topological polar surface area (TPSA) is 31.2 Å². The maximum atomic E-state index is 6.67. The molecule has 0 aliphatic rings. The van der Waals surface area contributed by atoms with Crippen LogP contribution in [0.4, 0.5) is 0 Å². The first-order valence-electron chi connectivity index (χ1n) is 18.7. The van der Waals surface area contributed by atoms with E-state index < -0.39 is 0 Å². The zero-order chi connectivity index (χ0) is 36.0. The number of hydrogen-bond donors (Lipinski definition) is 0. The predicted octanol–water partition coefficient (Wildman–Crippen LogP) is 14.7. The van der Waals surface area contributed by atoms with Crippen LogP contribution in [0.25, 0.3) is 116 Å². The Morgan fingerprint density at radius 1 is 0.345 bits per heavy atom. The van der Waals surface area contributed by atoms with Crippen molar-refractivity contribution in [3.05, 3.63) is 188 Å². The van der Waals surface area contributed by atoms with Gasteiger partial charge in [-0.1, -0.05) is 140 Å². The van der Waals surface area contributed by atoms with Gasteiger partial charge < -0.3 is 13.4 Å². The lowest BCUT2D eigenvalue weighted by Gasteiger charge is -2.16. The first-order chi connectivity index (χ1) is 27.3. The van der Waals surface area contributed by atoms with E-state index in [4.69, 9.17) is 8.83 Å². The Bertz CT molecular complexity index is 3490. The molecule has 9 aromatic carbocycles. The van der Waals surface area contributed by atoms with Crippen molar-refractivity contribution < 1.29 is 8.83 Å². The zero-order valence-corrected chi connectivity index (χ0v) is 29.7. The van der Waals surface area contributed by atoms with Crippen LogP contribution >= 0.6 is 0 Å². The minimum absolute atomic E-state index is 0.884. The summed E-state index contributed by atoms with van der Waals surface area (Å²) in [7, 11) is 0. The minimum atomic E-state index is 0.884. The fourth-order valence-corrected chi connectivity index (χ4v) is 8.89. The van der Waals surface area contributed by atoms with E-state index >= 15 is 0 Å². The quantitative estimate of drug-likeness (QED) is 0.183. The number of nitrogens with zero attached hydrogens (tertiary/aromatic N) is 1. The normalized spacial score (nSPS) is 12.0. The Morgan fingerprint density at radius 2 is 0.982 bits per heavy atom. The van der Waals surface area contributed by atoms with E-state index in [-0.39, 0.29) is 0 Å². The molecule has 0 amide bonds. The molecule has 0 N–H and O–H groups in total. The standard InChI is InChI=1S/C52H31NO2/c1-2-12-32(13-3-1)35-28-36(34-24-26-41-39-16-6-8-22-47(39)54-49(41)31-34)30-37(29-35)53-46-27-25-33-14-4-5-15-38(33)50(46)45-21-10-18-42(51(45)53)44-20-11-19-43-40-17-7-9-23-48(40)55-52(43)44/h1-31H. The van der Waals surface area contributed by atoms with E-state index in [1.54, 1.807) is 0 Å². The van der Waals surface area contributed by atoms with Gasteiger partial charge in [0, 0.05) is 49.1 Å². The molecule has 256 valence electrons. The Labute approximate surface area is 315 Å². The zero-order valence-electron chi connectivity index (χ0n) is 29.7. The van der Waals surface area contributed by atoms with Gasteiger partial charge in [0.2, 0.25) is 0 Å². The molecule has 0 atom stereocenters. The number of benzene rings is 9. The summed E-state index contributed by atoms with van der Waals surface area (Å²) in [6, 6.07) is 67.4. The van der Waals surface area contributed by atoms with Crippen LogP contribution in [0.5, 0.6) is 0 Å². The molecule has 0 aliphatic heterocycles. The van der Waals surface area contributed by atoms with Gasteiger partial charge in [-0.05, 0) is 81.6 Å². The molecule has 55 heavy (non-hydrogen) atoms. The smallest absolute Gasteiger partial charge is 0.143 e. The van der Waals surface area contributed by atoms with Gasteiger partial charge in [-0.2, -0.15) is 0 Å². The molecule has 0 saturated heterocycles. The van der Waals surface area contributed by atoms with Crippen molar-refractivity contribution in [2.75, 3.05) is 0 Å². The minimum Gasteiger partial charge on any atom is -0.456 e. The van der Waals surface area contributed by atoms with Gasteiger partial charge in [0.25, 0.3) is 0 Å². The largest absolute Gasteiger partial charge is 0.456 e. The van der Waals surface area contributed by atoms with E-state index in [2.05, 4.69) is 174 Å². The van der Waals surface area contributed by atoms with E-state index in [1.807, 2.05) is 18.2 Å². The average molecular weight is 702 g/mol. The molecule has 0 spiro atoms. The molecule has 0 aliphatic carbocycles. The number of aromatic nitrogens is 1. The summed E-state index contributed by atoms with van der Waals surface area (Å²) in [4.78, 5) is 0. The molecule has 3 nitrogen and oxygen atoms in total. The van der Waals surface area contributed by atoms with Gasteiger partial charge >= 0.3 is 0 Å². The van der Waals surface area contributed by atoms with Crippen molar-refractivity contribution in [3.8, 4) is 39.1 Å². The Balaban J connectivity index is 1.20. The van der Waals surface area contributed by atoms with Crippen molar-refractivity contribution in [3.63, 3.8) is 0 Å². The monoisotopic (exact) mass is 701 g/mol. The second-order valence-electron chi connectivity index (χ2n) is 14.4. The van der Waals surface area contributed by atoms with Gasteiger partial charge in [0.15, 0.2) is 0 Å². The highest BCUT2D eigenvalue weighted by Crippen LogP contribution is 2.45. The third-order valence-corrected chi connectivity index (χ3v) is 11.4. The van der Waals surface area contributed by atoms with E-state index in [1.165, 1.54) is 21.5 Å². The summed E-state index contributed by atoms with van der Waals surface area (Å²) in [5.74, 6) is 0. The highest BCUT2D eigenvalue weighted by atomic mass is 16.3. The first kappa shape index (κ1) is 30.1. The lowest BCUT2D eigenvalue weighted by Crippen LogP contribution is -1.97. The molecule has 3 aromatic heterocycles. The number of furan rings is 2. The summed E-state index contributed by atoms with van der Waals surface area (Å²) in [5, 5.41) is 9.39. The number of rotatable bonds is 4. The van der Waals surface area contributed by atoms with Gasteiger partial charge in [0.05, 0.1) is 11.0 Å². The summed E-state index contributed by atoms with van der Waals surface area (Å²) in [5.41, 5.74) is 13.7. The molecule has 0 saturated carbocycles. The van der Waals surface area contributed by atoms with Crippen LogP contribution in [-0.4, -0.2) is 4.57 Å². The van der Waals surface area contributed by atoms with Crippen LogP contribution in [0.1, 0.15) is 0 Å². The SMILES string of the molecule is c1ccc(-c2cc(-c3ccc4c(c3)oc3ccccc34)cc(-n3c4ccc5ccccc5c4c4cccc(-c5cccc6c5oc5ccccc56)c43)c2)cc1. The van der Waals surface area contributed by atoms with Crippen LogP contribution < -0.4 is 0 Å². The van der Waals surface area contributed by atoms with Crippen molar-refractivity contribution in [1.29, 1.82) is 0 Å². The molecule has 0 unspecified atom stereocenters. The number of para-hydroxylation sites is 4. The van der Waals surface area contributed by atoms with Gasteiger partial charge in [-0.3, -0.25) is 0 Å². The Kier molecular flexibility index (Phi) is 6.34. The highest BCUT2D eigenvalue weighted by molar-refractivity contribution is 6.24. The summed E-state index contributed by atoms with van der Waals surface area (Å²) >= 11 is 0. The molecule has 0 bridgehead atoms. The van der Waals surface area contributed by atoms with E-state index in [0.29, 0.717) is 0 Å². The fourth-order valence-electron chi connectivity index (χ4n) is 8.89. The molecular formula is C52H31NO2. The summed E-state index contributed by atoms with van der Waals surface area (Å²) < 4.78 is 15.5. The van der Waals surface area contributed by atoms with Crippen LogP contribution in [0.15, 0.2) is 197 Å². The lowest BCUT2D eigenvalue weighted by molar-refractivity contribution is 0.669. The van der Waals surface area contributed by atoms with E-state index in [0.717, 1.165) is 94.0 Å². The van der Waals surface area contributed by atoms with Crippen molar-refractivity contribution in [2.45, 2.75) is 0 Å². The number of fused-ring (bicyclic) bond motifs is 11. The molecular weight excluding hydrogens is 671 g/mol. The van der Waals surface area contributed by atoms with Gasteiger partial charge in [-0.25, -0.2) is 0 Å². The van der Waals surface area contributed by atoms with Crippen LogP contribution in [0, 0.1) is 0 Å². The van der Waals surface area contributed by atoms with Crippen LogP contribution in [0.2, 0.25) is 0 Å². The van der Waals surface area contributed by atoms with Crippen molar-refractivity contribution in [1.82, 2.24) is 4.57 Å². The Morgan fingerprint density at radius 3 is 1.82 bits per heavy atom. The van der Waals surface area contributed by atoms with Gasteiger partial charge in [-0.15, -0.1) is 0 Å². The maximum Gasteiger partial charge on any atom is 0.143 e. The lowest BCUT2D eigenvalue weighted by atomic mass is 9.96. The third-order valence-electron chi connectivity index (χ3n) is 11.4. The van der Waals surface area contributed by atoms with Crippen LogP contribution in [0.3, 0.4) is 0 Å². The first-order valence-corrected chi connectivity index (χ1v) is 18.7. The van der Waals surface area contributed by atoms with Crippen LogP contribution in [-0.2, 0) is 0 Å². The fraction of sp³-hybridized carbons (Fsp3) is 0. The van der Waals surface area contributed by atoms with Gasteiger partial charge in [0.1, 0.15) is 22.3 Å². The second kappa shape index (κ2) is 11.6. The Hall–Kier alpha value is -7.36. The molecule has 3 heterocycles.